The van der Waals surface area contributed by atoms with Gasteiger partial charge < -0.3 is 20.6 Å². The zero-order valence-electron chi connectivity index (χ0n) is 13.3. The van der Waals surface area contributed by atoms with Crippen molar-refractivity contribution in [2.24, 2.45) is 11.3 Å². The van der Waals surface area contributed by atoms with E-state index in [1.54, 1.807) is 0 Å². The molecule has 0 saturated carbocycles. The molecule has 0 fully saturated rings. The summed E-state index contributed by atoms with van der Waals surface area (Å²) in [5, 5.41) is 14.3. The number of carbonyl (C=O) groups excluding carboxylic acids is 1. The lowest BCUT2D eigenvalue weighted by molar-refractivity contribution is -0.138. The van der Waals surface area contributed by atoms with Crippen molar-refractivity contribution in [1.82, 2.24) is 15.5 Å². The highest BCUT2D eigenvalue weighted by molar-refractivity contribution is 5.74. The second-order valence-corrected chi connectivity index (χ2v) is 6.34. The van der Waals surface area contributed by atoms with E-state index in [0.29, 0.717) is 13.1 Å². The van der Waals surface area contributed by atoms with Crippen LogP contribution in [0, 0.1) is 11.3 Å². The zero-order chi connectivity index (χ0) is 15.8. The molecule has 0 aliphatic carbocycles. The van der Waals surface area contributed by atoms with Gasteiger partial charge in [-0.25, -0.2) is 4.79 Å². The van der Waals surface area contributed by atoms with Crippen molar-refractivity contribution < 1.29 is 14.7 Å². The molecule has 2 amide bonds. The molecule has 0 aromatic rings. The molecule has 6 nitrogen and oxygen atoms in total. The summed E-state index contributed by atoms with van der Waals surface area (Å²) in [6.45, 7) is 7.95. The van der Waals surface area contributed by atoms with E-state index in [0.717, 1.165) is 13.0 Å². The van der Waals surface area contributed by atoms with E-state index in [1.165, 1.54) is 0 Å². The largest absolute Gasteiger partial charge is 0.481 e. The second-order valence-electron chi connectivity index (χ2n) is 6.34. The van der Waals surface area contributed by atoms with Gasteiger partial charge in [0.25, 0.3) is 0 Å². The summed E-state index contributed by atoms with van der Waals surface area (Å²) < 4.78 is 0. The number of amides is 2. The van der Waals surface area contributed by atoms with Crippen molar-refractivity contribution in [3.63, 3.8) is 0 Å². The lowest BCUT2D eigenvalue weighted by Gasteiger charge is -2.28. The summed E-state index contributed by atoms with van der Waals surface area (Å²) in [5.74, 6) is -0.848. The van der Waals surface area contributed by atoms with Crippen LogP contribution in [0.4, 0.5) is 4.79 Å². The summed E-state index contributed by atoms with van der Waals surface area (Å²) in [6.07, 6.45) is 0.821. The monoisotopic (exact) mass is 287 g/mol. The zero-order valence-corrected chi connectivity index (χ0v) is 13.3. The highest BCUT2D eigenvalue weighted by Crippen LogP contribution is 2.14. The molecule has 1 atom stereocenters. The van der Waals surface area contributed by atoms with Crippen molar-refractivity contribution in [3.05, 3.63) is 0 Å². The van der Waals surface area contributed by atoms with Gasteiger partial charge in [0, 0.05) is 26.1 Å². The highest BCUT2D eigenvalue weighted by atomic mass is 16.4. The van der Waals surface area contributed by atoms with Crippen molar-refractivity contribution in [1.29, 1.82) is 0 Å². The van der Waals surface area contributed by atoms with E-state index < -0.39 is 5.97 Å². The van der Waals surface area contributed by atoms with Crippen molar-refractivity contribution >= 4 is 12.0 Å². The quantitative estimate of drug-likeness (QED) is 0.598. The number of urea groups is 1. The summed E-state index contributed by atoms with van der Waals surface area (Å²) in [5.41, 5.74) is -0.00787. The molecular weight excluding hydrogens is 258 g/mol. The van der Waals surface area contributed by atoms with Crippen LogP contribution < -0.4 is 10.6 Å². The third-order valence-corrected chi connectivity index (χ3v) is 3.06. The number of hydrogen-bond acceptors (Lipinski definition) is 3. The molecule has 0 aromatic heterocycles. The predicted molar refractivity (Wildman–Crippen MR) is 79.8 cm³/mol. The topological polar surface area (TPSA) is 81.7 Å². The van der Waals surface area contributed by atoms with Gasteiger partial charge in [0.2, 0.25) is 0 Å². The Labute approximate surface area is 121 Å². The van der Waals surface area contributed by atoms with E-state index in [4.69, 9.17) is 5.11 Å². The van der Waals surface area contributed by atoms with Gasteiger partial charge in [-0.2, -0.15) is 0 Å². The van der Waals surface area contributed by atoms with Gasteiger partial charge in [0.1, 0.15) is 0 Å². The average Bonchev–Trinajstić information content (AvgIpc) is 2.30. The number of nitrogens with zero attached hydrogens (tertiary/aromatic N) is 1. The number of rotatable bonds is 9. The van der Waals surface area contributed by atoms with Crippen LogP contribution in [-0.2, 0) is 4.79 Å². The van der Waals surface area contributed by atoms with Gasteiger partial charge in [-0.1, -0.05) is 27.2 Å². The van der Waals surface area contributed by atoms with Gasteiger partial charge in [-0.05, 0) is 25.4 Å². The minimum absolute atomic E-state index is 0.00787. The van der Waals surface area contributed by atoms with Crippen LogP contribution in [0.25, 0.3) is 0 Å². The molecule has 6 heteroatoms. The van der Waals surface area contributed by atoms with Gasteiger partial charge >= 0.3 is 12.0 Å². The average molecular weight is 287 g/mol. The Morgan fingerprint density at radius 1 is 1.25 bits per heavy atom. The SMILES string of the molecule is CCC(CNC(=O)NCC(C)(C)CN(C)C)CC(=O)O. The van der Waals surface area contributed by atoms with Crippen LogP contribution in [0.3, 0.4) is 0 Å². The van der Waals surface area contributed by atoms with Crippen LogP contribution in [0.2, 0.25) is 0 Å². The first-order valence-corrected chi connectivity index (χ1v) is 7.04. The van der Waals surface area contributed by atoms with Crippen LogP contribution in [0.15, 0.2) is 0 Å². The number of carboxylic acid groups (broad SMARTS) is 1. The fourth-order valence-electron chi connectivity index (χ4n) is 2.14. The highest BCUT2D eigenvalue weighted by Gasteiger charge is 2.20. The molecule has 0 aliphatic heterocycles. The van der Waals surface area contributed by atoms with Gasteiger partial charge in [0.15, 0.2) is 0 Å². The molecule has 0 bridgehead atoms. The van der Waals surface area contributed by atoms with Crippen molar-refractivity contribution in [3.8, 4) is 0 Å². The number of nitrogens with one attached hydrogen (secondary N) is 2. The third kappa shape index (κ3) is 9.61. The number of carbonyl (C=O) groups is 2. The molecule has 0 saturated heterocycles. The maximum absolute atomic E-state index is 11.7. The standard InChI is InChI=1S/C14H29N3O3/c1-6-11(7-12(18)19)8-15-13(20)16-9-14(2,3)10-17(4)5/h11H,6-10H2,1-5H3,(H,18,19)(H2,15,16,20). The maximum Gasteiger partial charge on any atom is 0.314 e. The summed E-state index contributed by atoms with van der Waals surface area (Å²) in [7, 11) is 4.00. The molecule has 1 unspecified atom stereocenters. The first-order valence-electron chi connectivity index (χ1n) is 7.04. The fourth-order valence-corrected chi connectivity index (χ4v) is 2.14. The summed E-state index contributed by atoms with van der Waals surface area (Å²) in [6, 6.07) is -0.235. The van der Waals surface area contributed by atoms with E-state index in [1.807, 2.05) is 21.0 Å². The van der Waals surface area contributed by atoms with Crippen LogP contribution >= 0.6 is 0 Å². The van der Waals surface area contributed by atoms with E-state index in [-0.39, 0.29) is 23.8 Å². The summed E-state index contributed by atoms with van der Waals surface area (Å²) in [4.78, 5) is 24.4. The Bertz CT molecular complexity index is 317. The van der Waals surface area contributed by atoms with Crippen molar-refractivity contribution in [2.45, 2.75) is 33.6 Å². The Balaban J connectivity index is 4.02. The normalized spacial score (nSPS) is 13.1. The van der Waals surface area contributed by atoms with Gasteiger partial charge in [-0.15, -0.1) is 0 Å². The van der Waals surface area contributed by atoms with Crippen LogP contribution in [0.1, 0.15) is 33.6 Å². The fraction of sp³-hybridized carbons (Fsp3) is 0.857. The molecule has 0 radical (unpaired) electrons. The first kappa shape index (κ1) is 18.7. The lowest BCUT2D eigenvalue weighted by atomic mass is 9.93. The Kier molecular flexibility index (Phi) is 8.22. The van der Waals surface area contributed by atoms with Crippen LogP contribution in [0.5, 0.6) is 0 Å². The molecule has 0 heterocycles. The Hall–Kier alpha value is -1.30. The number of hydrogen-bond donors (Lipinski definition) is 3. The Morgan fingerprint density at radius 2 is 1.85 bits per heavy atom. The van der Waals surface area contributed by atoms with E-state index in [9.17, 15) is 9.59 Å². The minimum Gasteiger partial charge on any atom is -0.481 e. The molecule has 0 aliphatic rings. The molecule has 118 valence electrons. The lowest BCUT2D eigenvalue weighted by Crippen LogP contribution is -2.45. The smallest absolute Gasteiger partial charge is 0.314 e. The van der Waals surface area contributed by atoms with Crippen molar-refractivity contribution in [2.75, 3.05) is 33.7 Å². The first-order chi connectivity index (χ1) is 9.16. The number of carboxylic acids is 1. The minimum atomic E-state index is -0.828. The van der Waals surface area contributed by atoms with Gasteiger partial charge in [-0.3, -0.25) is 4.79 Å². The van der Waals surface area contributed by atoms with Crippen LogP contribution in [-0.4, -0.2) is 55.7 Å². The second kappa shape index (κ2) is 8.79. The molecule has 0 rings (SSSR count). The summed E-state index contributed by atoms with van der Waals surface area (Å²) >= 11 is 0. The molecular formula is C14H29N3O3. The van der Waals surface area contributed by atoms with E-state index in [2.05, 4.69) is 29.4 Å². The molecule has 0 spiro atoms. The Morgan fingerprint density at radius 3 is 2.30 bits per heavy atom. The number of aliphatic carboxylic acids is 1. The van der Waals surface area contributed by atoms with E-state index >= 15 is 0 Å². The third-order valence-electron chi connectivity index (χ3n) is 3.06. The molecule has 0 aromatic carbocycles. The predicted octanol–water partition coefficient (Wildman–Crippen LogP) is 1.37. The van der Waals surface area contributed by atoms with Gasteiger partial charge in [0.05, 0.1) is 0 Å². The molecule has 20 heavy (non-hydrogen) atoms. The molecule has 3 N–H and O–H groups in total. The maximum atomic E-state index is 11.7.